The van der Waals surface area contributed by atoms with Gasteiger partial charge in [0.05, 0.1) is 20.1 Å². The average Bonchev–Trinajstić information content (AvgIpc) is 2.83. The molecule has 1 amide bonds. The van der Waals surface area contributed by atoms with Crippen LogP contribution in [0.3, 0.4) is 0 Å². The first kappa shape index (κ1) is 23.6. The molecule has 0 saturated heterocycles. The lowest BCUT2D eigenvalue weighted by Gasteiger charge is -2.13. The number of nitrogens with zero attached hydrogens (tertiary/aromatic N) is 2. The zero-order valence-corrected chi connectivity index (χ0v) is 20.7. The zero-order valence-electron chi connectivity index (χ0n) is 17.6. The second kappa shape index (κ2) is 10.6. The van der Waals surface area contributed by atoms with E-state index in [9.17, 15) is 14.9 Å². The average molecular weight is 583 g/mol. The van der Waals surface area contributed by atoms with Crippen molar-refractivity contribution in [2.75, 3.05) is 0 Å². The molecule has 0 spiro atoms. The molecule has 170 valence electrons. The van der Waals surface area contributed by atoms with E-state index in [1.54, 1.807) is 0 Å². The van der Waals surface area contributed by atoms with E-state index in [2.05, 4.69) is 60.6 Å². The molecule has 0 aliphatic heterocycles. The van der Waals surface area contributed by atoms with Crippen molar-refractivity contribution < 1.29 is 14.5 Å². The van der Waals surface area contributed by atoms with Gasteiger partial charge in [-0.25, -0.2) is 5.43 Å². The summed E-state index contributed by atoms with van der Waals surface area (Å²) in [6.07, 6.45) is 1.47. The van der Waals surface area contributed by atoms with Crippen molar-refractivity contribution in [3.05, 3.63) is 115 Å². The van der Waals surface area contributed by atoms with Gasteiger partial charge in [-0.3, -0.25) is 14.9 Å². The molecule has 0 saturated carbocycles. The molecule has 0 radical (unpaired) electrons. The fourth-order valence-electron chi connectivity index (χ4n) is 3.35. The Bertz CT molecular complexity index is 1390. The molecule has 1 N–H and O–H groups in total. The number of carbonyl (C=O) groups is 1. The largest absolute Gasteiger partial charge is 0.487 e. The molecule has 0 fully saturated rings. The zero-order chi connectivity index (χ0) is 24.1. The van der Waals surface area contributed by atoms with Gasteiger partial charge in [0.25, 0.3) is 11.6 Å². The Hall–Kier alpha value is -3.56. The van der Waals surface area contributed by atoms with Crippen LogP contribution in [0.1, 0.15) is 21.5 Å². The Morgan fingerprint density at radius 3 is 2.47 bits per heavy atom. The molecule has 0 aliphatic rings. The number of hydrazone groups is 1. The van der Waals surface area contributed by atoms with E-state index in [1.165, 1.54) is 30.5 Å². The predicted molar refractivity (Wildman–Crippen MR) is 138 cm³/mol. The van der Waals surface area contributed by atoms with Crippen LogP contribution in [0.5, 0.6) is 5.75 Å². The summed E-state index contributed by atoms with van der Waals surface area (Å²) in [6.45, 7) is 0.394. The number of rotatable bonds is 7. The summed E-state index contributed by atoms with van der Waals surface area (Å²) in [6, 6.07) is 23.3. The summed E-state index contributed by atoms with van der Waals surface area (Å²) in [4.78, 5) is 22.5. The van der Waals surface area contributed by atoms with Crippen LogP contribution >= 0.6 is 31.9 Å². The number of non-ortho nitro benzene ring substituents is 1. The van der Waals surface area contributed by atoms with Crippen molar-refractivity contribution in [3.63, 3.8) is 0 Å². The van der Waals surface area contributed by atoms with E-state index in [0.29, 0.717) is 26.9 Å². The molecular weight excluding hydrogens is 566 g/mol. The molecule has 0 atom stereocenters. The Morgan fingerprint density at radius 1 is 1.00 bits per heavy atom. The number of halogens is 2. The molecule has 0 heterocycles. The fraction of sp³-hybridized carbons (Fsp3) is 0.0400. The molecule has 0 bridgehead atoms. The minimum absolute atomic E-state index is 0.144. The van der Waals surface area contributed by atoms with Crippen LogP contribution in [0.4, 0.5) is 5.69 Å². The minimum atomic E-state index is -0.557. The molecule has 4 aromatic rings. The van der Waals surface area contributed by atoms with E-state index < -0.39 is 10.8 Å². The van der Waals surface area contributed by atoms with E-state index in [-0.39, 0.29) is 11.3 Å². The van der Waals surface area contributed by atoms with Crippen molar-refractivity contribution in [3.8, 4) is 5.75 Å². The lowest BCUT2D eigenvalue weighted by Crippen LogP contribution is -2.17. The highest BCUT2D eigenvalue weighted by Crippen LogP contribution is 2.35. The molecule has 0 aliphatic carbocycles. The monoisotopic (exact) mass is 581 g/mol. The summed E-state index contributed by atoms with van der Waals surface area (Å²) < 4.78 is 7.52. The number of hydrogen-bond acceptors (Lipinski definition) is 5. The molecule has 9 heteroatoms. The van der Waals surface area contributed by atoms with Gasteiger partial charge in [-0.05, 0) is 72.0 Å². The maximum Gasteiger partial charge on any atom is 0.271 e. The summed E-state index contributed by atoms with van der Waals surface area (Å²) in [5, 5.41) is 17.1. The van der Waals surface area contributed by atoms with Gasteiger partial charge < -0.3 is 4.74 Å². The van der Waals surface area contributed by atoms with Crippen LogP contribution < -0.4 is 10.2 Å². The van der Waals surface area contributed by atoms with Gasteiger partial charge in [-0.15, -0.1) is 0 Å². The van der Waals surface area contributed by atoms with Gasteiger partial charge in [0.15, 0.2) is 0 Å². The van der Waals surface area contributed by atoms with Crippen molar-refractivity contribution >= 4 is 60.4 Å². The van der Waals surface area contributed by atoms with Gasteiger partial charge in [-0.2, -0.15) is 5.10 Å². The molecular formula is C25H17Br2N3O4. The van der Waals surface area contributed by atoms with E-state index in [4.69, 9.17) is 4.74 Å². The van der Waals surface area contributed by atoms with Crippen LogP contribution in [-0.2, 0) is 6.61 Å². The van der Waals surface area contributed by atoms with Gasteiger partial charge in [0, 0.05) is 17.7 Å². The van der Waals surface area contributed by atoms with E-state index in [0.717, 1.165) is 16.3 Å². The highest BCUT2D eigenvalue weighted by molar-refractivity contribution is 9.11. The lowest BCUT2D eigenvalue weighted by molar-refractivity contribution is -0.384. The Kier molecular flexibility index (Phi) is 7.34. The third-order valence-corrected chi connectivity index (χ3v) is 6.15. The van der Waals surface area contributed by atoms with E-state index >= 15 is 0 Å². The normalized spacial score (nSPS) is 11.0. The predicted octanol–water partition coefficient (Wildman–Crippen LogP) is 6.62. The smallest absolute Gasteiger partial charge is 0.271 e. The number of carbonyl (C=O) groups excluding carboxylic acids is 1. The second-order valence-electron chi connectivity index (χ2n) is 7.25. The topological polar surface area (TPSA) is 93.8 Å². The van der Waals surface area contributed by atoms with Crippen molar-refractivity contribution in [2.24, 2.45) is 5.10 Å². The summed E-state index contributed by atoms with van der Waals surface area (Å²) in [5.74, 6) is 0.0961. The number of nitro groups is 1. The van der Waals surface area contributed by atoms with Gasteiger partial charge in [0.2, 0.25) is 0 Å². The Morgan fingerprint density at radius 2 is 1.71 bits per heavy atom. The molecule has 7 nitrogen and oxygen atoms in total. The van der Waals surface area contributed by atoms with Crippen molar-refractivity contribution in [1.82, 2.24) is 5.43 Å². The molecule has 4 rings (SSSR count). The minimum Gasteiger partial charge on any atom is -0.487 e. The van der Waals surface area contributed by atoms with Gasteiger partial charge in [0.1, 0.15) is 12.4 Å². The summed E-state index contributed by atoms with van der Waals surface area (Å²) >= 11 is 7.06. The molecule has 34 heavy (non-hydrogen) atoms. The first-order valence-corrected chi connectivity index (χ1v) is 11.7. The van der Waals surface area contributed by atoms with Crippen LogP contribution in [-0.4, -0.2) is 17.0 Å². The number of nitrogens with one attached hydrogen (secondary N) is 1. The van der Waals surface area contributed by atoms with Crippen LogP contribution in [0.15, 0.2) is 92.9 Å². The SMILES string of the molecule is O=C(N/N=C\c1cc(Br)c(OCc2cccc3ccccc23)c(Br)c1)c1cccc([N+](=O)[O-])c1. The maximum absolute atomic E-state index is 12.2. The number of nitro benzene ring substituents is 1. The van der Waals surface area contributed by atoms with Crippen LogP contribution in [0.25, 0.3) is 10.8 Å². The third-order valence-electron chi connectivity index (χ3n) is 4.97. The number of amides is 1. The maximum atomic E-state index is 12.2. The number of hydrogen-bond donors (Lipinski definition) is 1. The van der Waals surface area contributed by atoms with Gasteiger partial charge in [-0.1, -0.05) is 48.5 Å². The molecule has 0 aromatic heterocycles. The first-order valence-electron chi connectivity index (χ1n) is 10.1. The fourth-order valence-corrected chi connectivity index (χ4v) is 4.80. The summed E-state index contributed by atoms with van der Waals surface area (Å²) in [7, 11) is 0. The van der Waals surface area contributed by atoms with E-state index in [1.807, 2.05) is 36.4 Å². The second-order valence-corrected chi connectivity index (χ2v) is 8.96. The first-order chi connectivity index (χ1) is 16.4. The standard InChI is InChI=1S/C25H17Br2N3O4/c26-22-11-16(14-28-29-25(31)18-7-4-9-20(13-18)30(32)33)12-23(27)24(22)34-15-19-8-3-6-17-5-1-2-10-21(17)19/h1-14H,15H2,(H,29,31)/b28-14-. The number of fused-ring (bicyclic) bond motifs is 1. The number of benzene rings is 4. The number of ether oxygens (including phenoxy) is 1. The van der Waals surface area contributed by atoms with Crippen LogP contribution in [0.2, 0.25) is 0 Å². The molecule has 0 unspecified atom stereocenters. The highest BCUT2D eigenvalue weighted by atomic mass is 79.9. The third kappa shape index (κ3) is 5.49. The lowest BCUT2D eigenvalue weighted by atomic mass is 10.1. The highest BCUT2D eigenvalue weighted by Gasteiger charge is 2.12. The van der Waals surface area contributed by atoms with Gasteiger partial charge >= 0.3 is 0 Å². The Balaban J connectivity index is 1.44. The molecule has 4 aromatic carbocycles. The van der Waals surface area contributed by atoms with Crippen molar-refractivity contribution in [2.45, 2.75) is 6.61 Å². The van der Waals surface area contributed by atoms with Crippen molar-refractivity contribution in [1.29, 1.82) is 0 Å². The quantitative estimate of drug-likeness (QED) is 0.151. The Labute approximate surface area is 211 Å². The van der Waals surface area contributed by atoms with Crippen LogP contribution in [0, 0.1) is 10.1 Å². The summed E-state index contributed by atoms with van der Waals surface area (Å²) in [5.41, 5.74) is 4.14.